The Labute approximate surface area is 257 Å². The van der Waals surface area contributed by atoms with Crippen LogP contribution in [0.1, 0.15) is 53.3 Å². The average Bonchev–Trinajstić information content (AvgIpc) is 3.19. The van der Waals surface area contributed by atoms with Crippen molar-refractivity contribution in [2.75, 3.05) is 13.2 Å². The number of aromatic amines is 1. The van der Waals surface area contributed by atoms with E-state index in [1.54, 1.807) is 13.1 Å². The van der Waals surface area contributed by atoms with Crippen LogP contribution in [0, 0.1) is 6.92 Å². The second kappa shape index (κ2) is 12.1. The van der Waals surface area contributed by atoms with Gasteiger partial charge < -0.3 is 18.9 Å². The molecular weight excluding hydrogens is 575 g/mol. The number of rotatable bonds is 11. The van der Waals surface area contributed by atoms with Crippen molar-refractivity contribution in [3.8, 4) is 0 Å². The summed E-state index contributed by atoms with van der Waals surface area (Å²) >= 11 is 0. The van der Waals surface area contributed by atoms with E-state index in [2.05, 4.69) is 100 Å². The highest BCUT2D eigenvalue weighted by molar-refractivity contribution is 6.99. The van der Waals surface area contributed by atoms with E-state index in [4.69, 9.17) is 13.6 Å². The number of benzene rings is 2. The average molecular weight is 622 g/mol. The molecule has 5 rings (SSSR count). The molecule has 2 fully saturated rings. The molecule has 2 aliphatic rings. The van der Waals surface area contributed by atoms with E-state index in [9.17, 15) is 9.59 Å². The van der Waals surface area contributed by atoms with Gasteiger partial charge in [0.2, 0.25) is 0 Å². The smallest absolute Gasteiger partial charge is 0.330 e. The largest absolute Gasteiger partial charge is 0.408 e. The normalized spacial score (nSPS) is 24.0. The Morgan fingerprint density at radius 1 is 0.953 bits per heavy atom. The third kappa shape index (κ3) is 5.47. The van der Waals surface area contributed by atoms with E-state index in [1.165, 1.54) is 14.9 Å². The lowest BCUT2D eigenvalue weighted by Crippen LogP contribution is -2.74. The van der Waals surface area contributed by atoms with Gasteiger partial charge in [0.15, 0.2) is 14.5 Å². The molecule has 2 N–H and O–H groups in total. The predicted octanol–water partition coefficient (Wildman–Crippen LogP) is 4.05. The van der Waals surface area contributed by atoms with Crippen LogP contribution in [0.2, 0.25) is 23.2 Å². The summed E-state index contributed by atoms with van der Waals surface area (Å²) in [6, 6.07) is 23.9. The Morgan fingerprint density at radius 2 is 1.51 bits per heavy atom. The topological polar surface area (TPSA) is 94.6 Å². The van der Waals surface area contributed by atoms with Crippen LogP contribution in [0.15, 0.2) is 76.4 Å². The number of aryl methyl sites for hydroxylation is 1. The molecule has 2 aromatic carbocycles. The Morgan fingerprint density at radius 3 is 1.98 bits per heavy atom. The molecule has 0 spiro atoms. The number of nitrogens with zero attached hydrogens (tertiary/aromatic N) is 1. The Bertz CT molecular complexity index is 1470. The third-order valence-corrected chi connectivity index (χ3v) is 19.5. The molecular formula is C33H47N3O5Si2. The molecule has 2 aliphatic heterocycles. The highest BCUT2D eigenvalue weighted by Gasteiger charge is 2.64. The summed E-state index contributed by atoms with van der Waals surface area (Å²) in [4.78, 5) is 27.9. The van der Waals surface area contributed by atoms with Crippen LogP contribution in [0.5, 0.6) is 0 Å². The molecule has 0 saturated carbocycles. The van der Waals surface area contributed by atoms with Crippen molar-refractivity contribution >= 4 is 27.0 Å². The summed E-state index contributed by atoms with van der Waals surface area (Å²) < 4.78 is 23.0. The molecule has 0 bridgehead atoms. The lowest BCUT2D eigenvalue weighted by Gasteiger charge is -2.50. The third-order valence-electron chi connectivity index (χ3n) is 9.84. The van der Waals surface area contributed by atoms with Crippen molar-refractivity contribution in [3.63, 3.8) is 0 Å². The van der Waals surface area contributed by atoms with Crippen LogP contribution >= 0.6 is 0 Å². The minimum absolute atomic E-state index is 0.161. The number of aromatic nitrogens is 2. The first kappa shape index (κ1) is 31.8. The molecule has 0 radical (unpaired) electrons. The number of H-pyrrole nitrogens is 1. The lowest BCUT2D eigenvalue weighted by atomic mass is 9.85. The van der Waals surface area contributed by atoms with Crippen molar-refractivity contribution in [2.24, 2.45) is 0 Å². The van der Waals surface area contributed by atoms with Crippen LogP contribution in [-0.2, 0) is 13.6 Å². The molecule has 10 heteroatoms. The first-order valence-electron chi connectivity index (χ1n) is 15.6. The number of hydrogen-bond acceptors (Lipinski definition) is 6. The monoisotopic (exact) mass is 621 g/mol. The fourth-order valence-electron chi connectivity index (χ4n) is 7.02. The van der Waals surface area contributed by atoms with Gasteiger partial charge >= 0.3 is 5.69 Å². The van der Waals surface area contributed by atoms with Gasteiger partial charge in [-0.2, -0.15) is 0 Å². The van der Waals surface area contributed by atoms with Crippen molar-refractivity contribution in [1.29, 1.82) is 0 Å². The summed E-state index contributed by atoms with van der Waals surface area (Å²) in [5.74, 6) is 0. The molecule has 1 aromatic heterocycles. The van der Waals surface area contributed by atoms with Gasteiger partial charge in [0.25, 0.3) is 13.9 Å². The SMILES string of the molecule is CC[Si](CC)(CC)O[C@@H]1C2NC[C@]2(CO[Si](c2ccccc2)(c2ccccc2)C(C)(C)C)O[C@H]1n1cc(C)c(=O)[nH]c1=O. The second-order valence-corrected chi connectivity index (χ2v) is 22.2. The summed E-state index contributed by atoms with van der Waals surface area (Å²) in [6.45, 7) is 16.1. The first-order valence-corrected chi connectivity index (χ1v) is 20.1. The van der Waals surface area contributed by atoms with Gasteiger partial charge in [-0.05, 0) is 40.5 Å². The summed E-state index contributed by atoms with van der Waals surface area (Å²) in [6.07, 6.45) is 0.518. The molecule has 4 atom stereocenters. The number of ether oxygens (including phenoxy) is 1. The van der Waals surface area contributed by atoms with Crippen LogP contribution in [0.25, 0.3) is 0 Å². The molecule has 3 aromatic rings. The van der Waals surface area contributed by atoms with Crippen molar-refractivity contribution < 1.29 is 13.6 Å². The van der Waals surface area contributed by atoms with Crippen molar-refractivity contribution in [3.05, 3.63) is 93.3 Å². The molecule has 2 saturated heterocycles. The van der Waals surface area contributed by atoms with Gasteiger partial charge in [0.05, 0.1) is 12.6 Å². The number of hydrogen-bond donors (Lipinski definition) is 2. The molecule has 3 heterocycles. The first-order chi connectivity index (χ1) is 20.5. The van der Waals surface area contributed by atoms with E-state index in [0.717, 1.165) is 18.1 Å². The highest BCUT2D eigenvalue weighted by Crippen LogP contribution is 2.47. The van der Waals surface area contributed by atoms with Crippen molar-refractivity contribution in [2.45, 2.75) is 95.6 Å². The number of fused-ring (bicyclic) bond motifs is 1. The molecule has 0 amide bonds. The van der Waals surface area contributed by atoms with E-state index < -0.39 is 40.3 Å². The maximum atomic E-state index is 13.2. The zero-order chi connectivity index (χ0) is 31.0. The van der Waals surface area contributed by atoms with Gasteiger partial charge in [0, 0.05) is 18.3 Å². The Balaban J connectivity index is 1.59. The molecule has 43 heavy (non-hydrogen) atoms. The highest BCUT2D eigenvalue weighted by atomic mass is 28.4. The van der Waals surface area contributed by atoms with E-state index in [1.807, 2.05) is 12.1 Å². The fraction of sp³-hybridized carbons (Fsp3) is 0.515. The zero-order valence-electron chi connectivity index (χ0n) is 26.6. The van der Waals surface area contributed by atoms with Gasteiger partial charge in [-0.15, -0.1) is 0 Å². The molecule has 8 nitrogen and oxygen atoms in total. The molecule has 232 valence electrons. The van der Waals surface area contributed by atoms with Crippen LogP contribution < -0.4 is 26.9 Å². The van der Waals surface area contributed by atoms with Crippen molar-refractivity contribution in [1.82, 2.24) is 14.9 Å². The van der Waals surface area contributed by atoms with E-state index in [0.29, 0.717) is 18.7 Å². The fourth-order valence-corrected chi connectivity index (χ4v) is 14.5. The predicted molar refractivity (Wildman–Crippen MR) is 176 cm³/mol. The van der Waals surface area contributed by atoms with Gasteiger partial charge in [0.1, 0.15) is 11.7 Å². The lowest BCUT2D eigenvalue weighted by molar-refractivity contribution is -0.130. The second-order valence-electron chi connectivity index (χ2n) is 13.2. The number of nitrogens with one attached hydrogen (secondary N) is 2. The van der Waals surface area contributed by atoms with Crippen LogP contribution in [0.3, 0.4) is 0 Å². The zero-order valence-corrected chi connectivity index (χ0v) is 28.6. The van der Waals surface area contributed by atoms with E-state index >= 15 is 0 Å². The van der Waals surface area contributed by atoms with Crippen LogP contribution in [0.4, 0.5) is 0 Å². The van der Waals surface area contributed by atoms with Gasteiger partial charge in [-0.3, -0.25) is 14.3 Å². The molecule has 0 aliphatic carbocycles. The standard InChI is InChI=1S/C33H47N3O5Si2/c1-8-42(9-2,10-3)41-27-28-33(22-34-28,40-30(27)36-21-24(4)29(37)35-31(36)38)23-39-43(32(5,6)7,25-17-13-11-14-18-25)26-19-15-12-16-20-26/h11-21,27-28,30,34H,8-10,22-23H2,1-7H3,(H,35,37,38)/t27-,28?,30-,33-/m1/s1. The summed E-state index contributed by atoms with van der Waals surface area (Å²) in [5.41, 5.74) is -1.12. The van der Waals surface area contributed by atoms with Crippen LogP contribution in [-0.4, -0.2) is 57.1 Å². The Hall–Kier alpha value is -2.61. The summed E-state index contributed by atoms with van der Waals surface area (Å²) in [5, 5.41) is 5.84. The minimum Gasteiger partial charge on any atom is -0.408 e. The van der Waals surface area contributed by atoms with E-state index in [-0.39, 0.29) is 16.6 Å². The maximum absolute atomic E-state index is 13.2. The van der Waals surface area contributed by atoms with Gasteiger partial charge in [-0.1, -0.05) is 102 Å². The maximum Gasteiger partial charge on any atom is 0.330 e. The minimum atomic E-state index is -2.83. The Kier molecular flexibility index (Phi) is 8.92. The summed E-state index contributed by atoms with van der Waals surface area (Å²) in [7, 11) is -4.94. The quantitative estimate of drug-likeness (QED) is 0.314. The van der Waals surface area contributed by atoms with Gasteiger partial charge in [-0.25, -0.2) is 4.79 Å². The molecule has 1 unspecified atom stereocenters.